The lowest BCUT2D eigenvalue weighted by molar-refractivity contribution is -0.149. The number of carbonyl (C=O) groups is 1. The van der Waals surface area contributed by atoms with Crippen LogP contribution in [0.3, 0.4) is 0 Å². The van der Waals surface area contributed by atoms with Crippen molar-refractivity contribution < 1.29 is 9.53 Å². The predicted octanol–water partition coefficient (Wildman–Crippen LogP) is 6.02. The number of ether oxygens (including phenoxy) is 1. The Morgan fingerprint density at radius 3 is 2.37 bits per heavy atom. The molecule has 1 atom stereocenters. The molecule has 3 rings (SSSR count). The smallest absolute Gasteiger partial charge is 0.310 e. The van der Waals surface area contributed by atoms with Gasteiger partial charge in [-0.05, 0) is 29.8 Å². The van der Waals surface area contributed by atoms with Crippen molar-refractivity contribution in [2.75, 3.05) is 0 Å². The maximum Gasteiger partial charge on any atom is 0.310 e. The first-order valence-electron chi connectivity index (χ1n) is 7.96. The highest BCUT2D eigenvalue weighted by Crippen LogP contribution is 2.30. The van der Waals surface area contributed by atoms with Crippen molar-refractivity contribution in [3.05, 3.63) is 86.3 Å². The minimum absolute atomic E-state index is 0.0155. The van der Waals surface area contributed by atoms with Gasteiger partial charge in [0.2, 0.25) is 0 Å². The number of hydrogen-bond acceptors (Lipinski definition) is 3. The topological polar surface area (TPSA) is 44.1 Å². The fourth-order valence-electron chi connectivity index (χ4n) is 2.57. The van der Waals surface area contributed by atoms with Gasteiger partial charge in [-0.1, -0.05) is 58.5 Å². The zero-order valence-corrected chi connectivity index (χ0v) is 16.9. The molecular formula is C19H14Cl4N2O2. The molecule has 0 bridgehead atoms. The molecule has 140 valence electrons. The summed E-state index contributed by atoms with van der Waals surface area (Å²) in [6.45, 7) is 0.363. The largest absolute Gasteiger partial charge is 0.455 e. The number of benzene rings is 2. The van der Waals surface area contributed by atoms with Crippen LogP contribution in [0, 0.1) is 0 Å². The Bertz CT molecular complexity index is 945. The molecule has 2 aromatic carbocycles. The normalized spacial score (nSPS) is 12.0. The molecule has 4 nitrogen and oxygen atoms in total. The van der Waals surface area contributed by atoms with Gasteiger partial charge in [-0.25, -0.2) is 4.98 Å². The molecule has 0 aliphatic rings. The minimum atomic E-state index is -0.609. The van der Waals surface area contributed by atoms with E-state index in [4.69, 9.17) is 51.1 Å². The second-order valence-electron chi connectivity index (χ2n) is 5.82. The highest BCUT2D eigenvalue weighted by atomic mass is 35.5. The fraction of sp³-hybridized carbons (Fsp3) is 0.158. The average molecular weight is 444 g/mol. The quantitative estimate of drug-likeness (QED) is 0.437. The third kappa shape index (κ3) is 5.39. The van der Waals surface area contributed by atoms with E-state index in [1.165, 1.54) is 0 Å². The first kappa shape index (κ1) is 20.0. The number of rotatable bonds is 6. The van der Waals surface area contributed by atoms with Crippen molar-refractivity contribution >= 4 is 52.4 Å². The van der Waals surface area contributed by atoms with Gasteiger partial charge in [0.1, 0.15) is 6.10 Å². The second-order valence-corrected chi connectivity index (χ2v) is 7.50. The highest BCUT2D eigenvalue weighted by molar-refractivity contribution is 6.35. The number of esters is 1. The van der Waals surface area contributed by atoms with Gasteiger partial charge < -0.3 is 9.30 Å². The van der Waals surface area contributed by atoms with E-state index in [0.29, 0.717) is 37.8 Å². The molecular weight excluding hydrogens is 430 g/mol. The van der Waals surface area contributed by atoms with Crippen molar-refractivity contribution in [1.82, 2.24) is 9.55 Å². The molecule has 0 spiro atoms. The number of aromatic nitrogens is 2. The first-order chi connectivity index (χ1) is 12.9. The fourth-order valence-corrected chi connectivity index (χ4v) is 3.57. The van der Waals surface area contributed by atoms with E-state index in [-0.39, 0.29) is 6.42 Å². The standard InChI is InChI=1S/C19H14Cl4N2O2/c20-13-2-1-12(16(22)8-13)7-19(26)27-18(10-25-6-5-24-11-25)15-4-3-14(21)9-17(15)23/h1-6,8-9,11,18H,7,10H2. The van der Waals surface area contributed by atoms with Crippen LogP contribution in [0.4, 0.5) is 0 Å². The Hall–Kier alpha value is -1.72. The number of halogens is 4. The van der Waals surface area contributed by atoms with E-state index in [1.54, 1.807) is 59.7 Å². The lowest BCUT2D eigenvalue weighted by atomic mass is 10.1. The molecule has 0 aliphatic heterocycles. The lowest BCUT2D eigenvalue weighted by Gasteiger charge is -2.20. The van der Waals surface area contributed by atoms with E-state index >= 15 is 0 Å². The number of carbonyl (C=O) groups excluding carboxylic acids is 1. The third-order valence-corrected chi connectivity index (χ3v) is 5.02. The monoisotopic (exact) mass is 442 g/mol. The van der Waals surface area contributed by atoms with Crippen LogP contribution >= 0.6 is 46.4 Å². The van der Waals surface area contributed by atoms with Crippen molar-refractivity contribution in [2.45, 2.75) is 19.1 Å². The van der Waals surface area contributed by atoms with Crippen LogP contribution in [0.1, 0.15) is 17.2 Å². The van der Waals surface area contributed by atoms with E-state index in [9.17, 15) is 4.79 Å². The molecule has 1 heterocycles. The molecule has 0 saturated carbocycles. The summed E-state index contributed by atoms with van der Waals surface area (Å²) in [6, 6.07) is 10.0. The van der Waals surface area contributed by atoms with E-state index < -0.39 is 12.1 Å². The van der Waals surface area contributed by atoms with Crippen LogP contribution in [0.5, 0.6) is 0 Å². The van der Waals surface area contributed by atoms with Crippen LogP contribution in [-0.4, -0.2) is 15.5 Å². The van der Waals surface area contributed by atoms with E-state index in [1.807, 2.05) is 0 Å². The van der Waals surface area contributed by atoms with Gasteiger partial charge in [-0.3, -0.25) is 4.79 Å². The predicted molar refractivity (Wildman–Crippen MR) is 108 cm³/mol. The summed E-state index contributed by atoms with van der Waals surface area (Å²) in [5.74, 6) is -0.435. The zero-order valence-electron chi connectivity index (χ0n) is 13.9. The van der Waals surface area contributed by atoms with E-state index in [0.717, 1.165) is 0 Å². The minimum Gasteiger partial charge on any atom is -0.455 e. The summed E-state index contributed by atoms with van der Waals surface area (Å²) in [6.07, 6.45) is 4.47. The number of hydrogen-bond donors (Lipinski definition) is 0. The van der Waals surface area contributed by atoms with Gasteiger partial charge in [-0.2, -0.15) is 0 Å². The molecule has 0 amide bonds. The summed E-state index contributed by atoms with van der Waals surface area (Å²) in [5.41, 5.74) is 1.29. The summed E-state index contributed by atoms with van der Waals surface area (Å²) >= 11 is 24.3. The van der Waals surface area contributed by atoms with Gasteiger partial charge in [0.15, 0.2) is 0 Å². The Morgan fingerprint density at radius 2 is 1.74 bits per heavy atom. The van der Waals surface area contributed by atoms with Crippen molar-refractivity contribution in [3.8, 4) is 0 Å². The number of nitrogens with zero attached hydrogens (tertiary/aromatic N) is 2. The Morgan fingerprint density at radius 1 is 1.04 bits per heavy atom. The molecule has 0 fully saturated rings. The molecule has 1 aromatic heterocycles. The van der Waals surface area contributed by atoms with Crippen LogP contribution in [-0.2, 0) is 22.5 Å². The number of imidazole rings is 1. The summed E-state index contributed by atoms with van der Waals surface area (Å²) in [4.78, 5) is 16.5. The van der Waals surface area contributed by atoms with Crippen LogP contribution in [0.25, 0.3) is 0 Å². The van der Waals surface area contributed by atoms with Crippen molar-refractivity contribution in [2.24, 2.45) is 0 Å². The van der Waals surface area contributed by atoms with Crippen LogP contribution < -0.4 is 0 Å². The second kappa shape index (κ2) is 8.98. The molecule has 1 unspecified atom stereocenters. The summed E-state index contributed by atoms with van der Waals surface area (Å²) in [7, 11) is 0. The van der Waals surface area contributed by atoms with Gasteiger partial charge in [0.25, 0.3) is 0 Å². The molecule has 0 saturated heterocycles. The molecule has 0 radical (unpaired) electrons. The van der Waals surface area contributed by atoms with Crippen LogP contribution in [0.15, 0.2) is 55.1 Å². The summed E-state index contributed by atoms with van der Waals surface area (Å²) in [5, 5.41) is 1.84. The lowest BCUT2D eigenvalue weighted by Crippen LogP contribution is -2.18. The third-order valence-electron chi connectivity index (χ3n) is 3.87. The molecule has 0 aliphatic carbocycles. The molecule has 27 heavy (non-hydrogen) atoms. The van der Waals surface area contributed by atoms with Crippen molar-refractivity contribution in [1.29, 1.82) is 0 Å². The van der Waals surface area contributed by atoms with Gasteiger partial charge in [0, 0.05) is 38.0 Å². The van der Waals surface area contributed by atoms with Gasteiger partial charge in [0.05, 0.1) is 19.3 Å². The highest BCUT2D eigenvalue weighted by Gasteiger charge is 2.21. The van der Waals surface area contributed by atoms with Gasteiger partial charge in [-0.15, -0.1) is 0 Å². The average Bonchev–Trinajstić information content (AvgIpc) is 3.10. The Balaban J connectivity index is 1.81. The van der Waals surface area contributed by atoms with Crippen LogP contribution in [0.2, 0.25) is 20.1 Å². The molecule has 0 N–H and O–H groups in total. The Labute approximate surface area is 176 Å². The molecule has 8 heteroatoms. The molecule has 3 aromatic rings. The first-order valence-corrected chi connectivity index (χ1v) is 9.47. The maximum atomic E-state index is 12.5. The van der Waals surface area contributed by atoms with E-state index in [2.05, 4.69) is 4.98 Å². The zero-order chi connectivity index (χ0) is 19.4. The SMILES string of the molecule is O=C(Cc1ccc(Cl)cc1Cl)OC(Cn1ccnc1)c1ccc(Cl)cc1Cl. The Kier molecular flexibility index (Phi) is 6.66. The van der Waals surface area contributed by atoms with Gasteiger partial charge >= 0.3 is 5.97 Å². The summed E-state index contributed by atoms with van der Waals surface area (Å²) < 4.78 is 7.52. The maximum absolute atomic E-state index is 12.5. The van der Waals surface area contributed by atoms with Crippen molar-refractivity contribution in [3.63, 3.8) is 0 Å².